The number of aromatic nitrogens is 2. The van der Waals surface area contributed by atoms with Gasteiger partial charge in [0.2, 0.25) is 5.89 Å². The molecule has 6 nitrogen and oxygen atoms in total. The van der Waals surface area contributed by atoms with E-state index in [1.54, 1.807) is 14.2 Å². The summed E-state index contributed by atoms with van der Waals surface area (Å²) >= 11 is 0. The normalized spacial score (nSPS) is 19.0. The smallest absolute Gasteiger partial charge is 0.250 e. The Kier molecular flexibility index (Phi) is 9.17. The Balaban J connectivity index is 1.27. The highest BCUT2D eigenvalue weighted by Gasteiger charge is 2.28. The van der Waals surface area contributed by atoms with E-state index in [9.17, 15) is 0 Å². The van der Waals surface area contributed by atoms with Gasteiger partial charge in [-0.25, -0.2) is 0 Å². The van der Waals surface area contributed by atoms with Crippen molar-refractivity contribution in [3.63, 3.8) is 0 Å². The molecule has 1 heterocycles. The van der Waals surface area contributed by atoms with E-state index in [4.69, 9.17) is 14.0 Å². The van der Waals surface area contributed by atoms with Crippen LogP contribution in [0.15, 0.2) is 59.1 Å². The molecule has 0 bridgehead atoms. The van der Waals surface area contributed by atoms with Gasteiger partial charge in [0.15, 0.2) is 17.3 Å². The van der Waals surface area contributed by atoms with Gasteiger partial charge in [0.25, 0.3) is 0 Å². The lowest BCUT2D eigenvalue weighted by Gasteiger charge is -2.37. The van der Waals surface area contributed by atoms with Crippen molar-refractivity contribution in [2.45, 2.75) is 51.0 Å². The van der Waals surface area contributed by atoms with Crippen molar-refractivity contribution in [2.24, 2.45) is 11.8 Å². The molecule has 1 saturated carbocycles. The zero-order valence-electron chi connectivity index (χ0n) is 22.0. The van der Waals surface area contributed by atoms with Crippen molar-refractivity contribution in [3.8, 4) is 11.5 Å². The second-order valence-electron chi connectivity index (χ2n) is 10.0. The van der Waals surface area contributed by atoms with E-state index >= 15 is 0 Å². The summed E-state index contributed by atoms with van der Waals surface area (Å²) in [5, 5.41) is 4.16. The molecule has 1 unspecified atom stereocenters. The number of benzene rings is 2. The Morgan fingerprint density at radius 1 is 0.972 bits per heavy atom. The van der Waals surface area contributed by atoms with Crippen LogP contribution in [0.2, 0.25) is 0 Å². The molecule has 1 atom stereocenters. The van der Waals surface area contributed by atoms with Crippen LogP contribution >= 0.6 is 0 Å². The van der Waals surface area contributed by atoms with E-state index in [1.807, 2.05) is 24.3 Å². The van der Waals surface area contributed by atoms with Crippen LogP contribution in [-0.2, 0) is 12.8 Å². The van der Waals surface area contributed by atoms with Gasteiger partial charge in [-0.2, -0.15) is 4.98 Å². The fraction of sp³-hybridized carbons (Fsp3) is 0.467. The Labute approximate surface area is 215 Å². The Morgan fingerprint density at radius 2 is 1.72 bits per heavy atom. The summed E-state index contributed by atoms with van der Waals surface area (Å²) in [5.41, 5.74) is 2.48. The number of allylic oxidation sites excluding steroid dienone is 1. The molecular weight excluding hydrogens is 450 g/mol. The van der Waals surface area contributed by atoms with Crippen LogP contribution in [0.1, 0.15) is 54.9 Å². The lowest BCUT2D eigenvalue weighted by Crippen LogP contribution is -2.37. The van der Waals surface area contributed by atoms with Crippen LogP contribution in [-0.4, -0.2) is 49.4 Å². The number of methoxy groups -OCH3 is 2. The predicted molar refractivity (Wildman–Crippen MR) is 143 cm³/mol. The van der Waals surface area contributed by atoms with Gasteiger partial charge in [-0.1, -0.05) is 47.6 Å². The first-order valence-corrected chi connectivity index (χ1v) is 13.0. The second kappa shape index (κ2) is 12.7. The number of hydrogen-bond acceptors (Lipinski definition) is 6. The van der Waals surface area contributed by atoms with Crippen molar-refractivity contribution in [1.29, 1.82) is 0 Å². The van der Waals surface area contributed by atoms with Crippen molar-refractivity contribution in [3.05, 3.63) is 77.4 Å². The van der Waals surface area contributed by atoms with Crippen LogP contribution in [0.5, 0.6) is 11.5 Å². The molecule has 1 aliphatic carbocycles. The first-order valence-electron chi connectivity index (χ1n) is 13.0. The van der Waals surface area contributed by atoms with Crippen molar-refractivity contribution < 1.29 is 14.0 Å². The number of aryl methyl sites for hydroxylation is 1. The zero-order chi connectivity index (χ0) is 25.3. The third kappa shape index (κ3) is 6.97. The maximum absolute atomic E-state index is 5.48. The molecule has 0 amide bonds. The highest BCUT2D eigenvalue weighted by molar-refractivity contribution is 5.44. The summed E-state index contributed by atoms with van der Waals surface area (Å²) in [5.74, 6) is 3.97. The molecule has 0 spiro atoms. The molecule has 1 aromatic heterocycles. The molecule has 0 aliphatic heterocycles. The molecule has 1 aliphatic rings. The maximum Gasteiger partial charge on any atom is 0.250 e. The molecule has 36 heavy (non-hydrogen) atoms. The summed E-state index contributed by atoms with van der Waals surface area (Å²) in [4.78, 5) is 7.00. The highest BCUT2D eigenvalue weighted by atomic mass is 16.5. The average molecular weight is 490 g/mol. The van der Waals surface area contributed by atoms with Gasteiger partial charge in [-0.15, -0.1) is 0 Å². The minimum absolute atomic E-state index is 0.569. The van der Waals surface area contributed by atoms with Crippen LogP contribution in [0.25, 0.3) is 6.08 Å². The largest absolute Gasteiger partial charge is 0.493 e. The summed E-state index contributed by atoms with van der Waals surface area (Å²) in [7, 11) is 7.74. The van der Waals surface area contributed by atoms with Crippen molar-refractivity contribution >= 4 is 6.08 Å². The molecule has 1 fully saturated rings. The van der Waals surface area contributed by atoms with Crippen molar-refractivity contribution in [2.75, 3.05) is 28.3 Å². The van der Waals surface area contributed by atoms with E-state index in [0.29, 0.717) is 41.6 Å². The molecule has 2 aromatic carbocycles. The summed E-state index contributed by atoms with van der Waals surface area (Å²) in [6.45, 7) is 0. The van der Waals surface area contributed by atoms with Crippen LogP contribution in [0, 0.1) is 11.8 Å². The van der Waals surface area contributed by atoms with Gasteiger partial charge in [-0.3, -0.25) is 0 Å². The molecule has 4 rings (SSSR count). The molecule has 0 radical (unpaired) electrons. The SMILES string of the molecule is COc1ccc(Cc2noc(C=CC3CCC(C(CCc4ccccc4)N(C)C)CC3)n2)cc1OC. The Morgan fingerprint density at radius 3 is 2.42 bits per heavy atom. The summed E-state index contributed by atoms with van der Waals surface area (Å²) < 4.78 is 16.2. The van der Waals surface area contributed by atoms with Gasteiger partial charge in [-0.05, 0) is 93.8 Å². The number of hydrogen-bond donors (Lipinski definition) is 0. The molecule has 3 aromatic rings. The first-order chi connectivity index (χ1) is 17.6. The summed E-state index contributed by atoms with van der Waals surface area (Å²) in [6.07, 6.45) is 12.2. The monoisotopic (exact) mass is 489 g/mol. The minimum atomic E-state index is 0.569. The maximum atomic E-state index is 5.48. The second-order valence-corrected chi connectivity index (χ2v) is 10.0. The van der Waals surface area contributed by atoms with Gasteiger partial charge >= 0.3 is 0 Å². The summed E-state index contributed by atoms with van der Waals surface area (Å²) in [6, 6.07) is 17.3. The standard InChI is InChI=1S/C30H39N3O3/c1-33(2)26(17-12-22-8-6-5-7-9-22)25-15-10-23(11-16-25)14-19-30-31-29(32-36-30)21-24-13-18-27(34-3)28(20-24)35-4/h5-9,13-14,18-20,23,25-26H,10-12,15-17,21H2,1-4H3. The third-order valence-corrected chi connectivity index (χ3v) is 7.40. The Hall–Kier alpha value is -3.12. The molecule has 0 saturated heterocycles. The third-order valence-electron chi connectivity index (χ3n) is 7.40. The van der Waals surface area contributed by atoms with E-state index in [2.05, 4.69) is 65.5 Å². The molecule has 0 N–H and O–H groups in total. The topological polar surface area (TPSA) is 60.6 Å². The average Bonchev–Trinajstić information content (AvgIpc) is 3.35. The van der Waals surface area contributed by atoms with Crippen LogP contribution in [0.4, 0.5) is 0 Å². The molecule has 6 heteroatoms. The van der Waals surface area contributed by atoms with E-state index in [-0.39, 0.29) is 0 Å². The molecular formula is C30H39N3O3. The van der Waals surface area contributed by atoms with Crippen molar-refractivity contribution in [1.82, 2.24) is 15.0 Å². The lowest BCUT2D eigenvalue weighted by atomic mass is 9.76. The Bertz CT molecular complexity index is 1100. The van der Waals surface area contributed by atoms with Gasteiger partial charge in [0, 0.05) is 12.5 Å². The fourth-order valence-corrected chi connectivity index (χ4v) is 5.40. The fourth-order valence-electron chi connectivity index (χ4n) is 5.40. The quantitative estimate of drug-likeness (QED) is 0.326. The lowest BCUT2D eigenvalue weighted by molar-refractivity contribution is 0.150. The van der Waals surface area contributed by atoms with E-state index in [0.717, 1.165) is 17.9 Å². The van der Waals surface area contributed by atoms with Crippen LogP contribution < -0.4 is 9.47 Å². The number of ether oxygens (including phenoxy) is 2. The van der Waals surface area contributed by atoms with Gasteiger partial charge in [0.05, 0.1) is 14.2 Å². The molecule has 192 valence electrons. The van der Waals surface area contributed by atoms with Gasteiger partial charge in [0.1, 0.15) is 0 Å². The highest BCUT2D eigenvalue weighted by Crippen LogP contribution is 2.35. The van der Waals surface area contributed by atoms with E-state index in [1.165, 1.54) is 37.7 Å². The zero-order valence-corrected chi connectivity index (χ0v) is 22.0. The predicted octanol–water partition coefficient (Wildman–Crippen LogP) is 6.06. The van der Waals surface area contributed by atoms with E-state index < -0.39 is 0 Å². The first kappa shape index (κ1) is 26.0. The number of nitrogens with zero attached hydrogens (tertiary/aromatic N) is 3. The minimum Gasteiger partial charge on any atom is -0.493 e. The van der Waals surface area contributed by atoms with Crippen LogP contribution in [0.3, 0.4) is 0 Å². The van der Waals surface area contributed by atoms with Gasteiger partial charge < -0.3 is 18.9 Å². The number of rotatable bonds is 11.